The van der Waals surface area contributed by atoms with E-state index in [-0.39, 0.29) is 5.91 Å². The van der Waals surface area contributed by atoms with E-state index in [0.717, 1.165) is 58.2 Å². The number of carbonyl (C=O) groups is 1. The van der Waals surface area contributed by atoms with Gasteiger partial charge in [-0.2, -0.15) is 5.10 Å². The minimum atomic E-state index is -0.756. The molecule has 1 amide bonds. The molecule has 1 aromatic rings. The van der Waals surface area contributed by atoms with Crippen molar-refractivity contribution < 1.29 is 9.90 Å². The van der Waals surface area contributed by atoms with E-state index in [1.165, 1.54) is 6.42 Å². The fraction of sp³-hybridized carbons (Fsp3) is 0.812. The first-order valence-electron chi connectivity index (χ1n) is 8.47. The number of aromatic nitrogens is 3. The highest BCUT2D eigenvalue weighted by Crippen LogP contribution is 2.32. The molecular formula is C16H26N4O2. The van der Waals surface area contributed by atoms with E-state index in [4.69, 9.17) is 0 Å². The standard InChI is InChI=1S/C16H26N4O2/c21-15(9-16(22)6-2-1-3-7-16)19-8-4-5-14(10-19)11-20-13-17-12-18-20/h12-14,22H,1-11H2. The van der Waals surface area contributed by atoms with Gasteiger partial charge in [0.25, 0.3) is 0 Å². The average Bonchev–Trinajstić information content (AvgIpc) is 3.01. The van der Waals surface area contributed by atoms with E-state index in [9.17, 15) is 9.90 Å². The van der Waals surface area contributed by atoms with Crippen molar-refractivity contribution in [1.82, 2.24) is 19.7 Å². The third-order valence-corrected chi connectivity index (χ3v) is 5.05. The summed E-state index contributed by atoms with van der Waals surface area (Å²) in [5.74, 6) is 0.549. The van der Waals surface area contributed by atoms with Crippen molar-refractivity contribution in [3.05, 3.63) is 12.7 Å². The van der Waals surface area contributed by atoms with Crippen molar-refractivity contribution in [2.75, 3.05) is 13.1 Å². The van der Waals surface area contributed by atoms with Crippen molar-refractivity contribution in [3.63, 3.8) is 0 Å². The molecule has 1 N–H and O–H groups in total. The van der Waals surface area contributed by atoms with Gasteiger partial charge in [0.15, 0.2) is 0 Å². The number of likely N-dealkylation sites (tertiary alicyclic amines) is 1. The molecule has 0 spiro atoms. The molecule has 3 rings (SSSR count). The Kier molecular flexibility index (Phi) is 4.76. The average molecular weight is 306 g/mol. The lowest BCUT2D eigenvalue weighted by molar-refractivity contribution is -0.139. The van der Waals surface area contributed by atoms with E-state index in [2.05, 4.69) is 10.1 Å². The van der Waals surface area contributed by atoms with Gasteiger partial charge in [-0.05, 0) is 31.6 Å². The lowest BCUT2D eigenvalue weighted by atomic mass is 9.82. The van der Waals surface area contributed by atoms with Crippen LogP contribution in [0.1, 0.15) is 51.4 Å². The second-order valence-corrected chi connectivity index (χ2v) is 6.93. The van der Waals surface area contributed by atoms with Crippen LogP contribution in [0.5, 0.6) is 0 Å². The van der Waals surface area contributed by atoms with Crippen LogP contribution >= 0.6 is 0 Å². The molecule has 1 saturated carbocycles. The van der Waals surface area contributed by atoms with Crippen LogP contribution < -0.4 is 0 Å². The fourth-order valence-electron chi connectivity index (χ4n) is 3.81. The molecule has 0 bridgehead atoms. The molecule has 122 valence electrons. The number of rotatable bonds is 4. The highest BCUT2D eigenvalue weighted by molar-refractivity contribution is 5.77. The third-order valence-electron chi connectivity index (χ3n) is 5.05. The number of hydrogen-bond donors (Lipinski definition) is 1. The maximum absolute atomic E-state index is 12.6. The molecular weight excluding hydrogens is 280 g/mol. The van der Waals surface area contributed by atoms with Gasteiger partial charge in [-0.15, -0.1) is 0 Å². The van der Waals surface area contributed by atoms with E-state index in [1.807, 2.05) is 9.58 Å². The van der Waals surface area contributed by atoms with Crippen LogP contribution in [-0.2, 0) is 11.3 Å². The van der Waals surface area contributed by atoms with Gasteiger partial charge in [0.05, 0.1) is 12.0 Å². The van der Waals surface area contributed by atoms with Gasteiger partial charge in [0.2, 0.25) is 5.91 Å². The van der Waals surface area contributed by atoms with Crippen molar-refractivity contribution in [2.45, 2.75) is 63.5 Å². The smallest absolute Gasteiger partial charge is 0.225 e. The monoisotopic (exact) mass is 306 g/mol. The molecule has 1 atom stereocenters. The molecule has 1 aliphatic heterocycles. The number of carbonyl (C=O) groups excluding carboxylic acids is 1. The Morgan fingerprint density at radius 2 is 2.09 bits per heavy atom. The van der Waals surface area contributed by atoms with Crippen LogP contribution in [0, 0.1) is 5.92 Å². The molecule has 6 heteroatoms. The number of piperidine rings is 1. The second kappa shape index (κ2) is 6.77. The van der Waals surface area contributed by atoms with Gasteiger partial charge < -0.3 is 10.0 Å². The fourth-order valence-corrected chi connectivity index (χ4v) is 3.81. The largest absolute Gasteiger partial charge is 0.389 e. The summed E-state index contributed by atoms with van der Waals surface area (Å²) in [4.78, 5) is 18.5. The maximum atomic E-state index is 12.6. The van der Waals surface area contributed by atoms with E-state index >= 15 is 0 Å². The minimum absolute atomic E-state index is 0.118. The van der Waals surface area contributed by atoms with Crippen LogP contribution in [0.3, 0.4) is 0 Å². The third kappa shape index (κ3) is 3.85. The zero-order valence-electron chi connectivity index (χ0n) is 13.2. The second-order valence-electron chi connectivity index (χ2n) is 6.93. The first-order valence-corrected chi connectivity index (χ1v) is 8.47. The molecule has 1 aliphatic carbocycles. The van der Waals surface area contributed by atoms with Gasteiger partial charge >= 0.3 is 0 Å². The van der Waals surface area contributed by atoms with Gasteiger partial charge in [0, 0.05) is 19.6 Å². The SMILES string of the molecule is O=C(CC1(O)CCCCC1)N1CCCC(Cn2cncn2)C1. The van der Waals surface area contributed by atoms with Gasteiger partial charge in [-0.3, -0.25) is 9.48 Å². The molecule has 6 nitrogen and oxygen atoms in total. The Hall–Kier alpha value is -1.43. The van der Waals surface area contributed by atoms with E-state index in [0.29, 0.717) is 12.3 Å². The normalized spacial score (nSPS) is 25.1. The Bertz CT molecular complexity index is 482. The summed E-state index contributed by atoms with van der Waals surface area (Å²) in [6.07, 6.45) is 10.5. The summed E-state index contributed by atoms with van der Waals surface area (Å²) >= 11 is 0. The van der Waals surface area contributed by atoms with Crippen molar-refractivity contribution in [3.8, 4) is 0 Å². The highest BCUT2D eigenvalue weighted by atomic mass is 16.3. The predicted octanol–water partition coefficient (Wildman–Crippen LogP) is 1.60. The zero-order valence-corrected chi connectivity index (χ0v) is 13.2. The maximum Gasteiger partial charge on any atom is 0.225 e. The summed E-state index contributed by atoms with van der Waals surface area (Å²) in [5.41, 5.74) is -0.756. The summed E-state index contributed by atoms with van der Waals surface area (Å²) in [6.45, 7) is 2.41. The molecule has 1 unspecified atom stereocenters. The van der Waals surface area contributed by atoms with E-state index < -0.39 is 5.60 Å². The van der Waals surface area contributed by atoms with Crippen LogP contribution in [0.2, 0.25) is 0 Å². The first kappa shape index (κ1) is 15.5. The number of hydrogen-bond acceptors (Lipinski definition) is 4. The topological polar surface area (TPSA) is 71.2 Å². The summed E-state index contributed by atoms with van der Waals surface area (Å²) in [6, 6.07) is 0. The van der Waals surface area contributed by atoms with Crippen LogP contribution in [0.25, 0.3) is 0 Å². The quantitative estimate of drug-likeness (QED) is 0.917. The summed E-state index contributed by atoms with van der Waals surface area (Å²) in [5, 5.41) is 14.7. The molecule has 0 aromatic carbocycles. The van der Waals surface area contributed by atoms with Gasteiger partial charge in [-0.25, -0.2) is 4.98 Å². The van der Waals surface area contributed by atoms with Crippen LogP contribution in [-0.4, -0.2) is 49.4 Å². The molecule has 22 heavy (non-hydrogen) atoms. The first-order chi connectivity index (χ1) is 10.6. The van der Waals surface area contributed by atoms with Crippen molar-refractivity contribution in [1.29, 1.82) is 0 Å². The summed E-state index contributed by atoms with van der Waals surface area (Å²) in [7, 11) is 0. The van der Waals surface area contributed by atoms with Gasteiger partial charge in [0.1, 0.15) is 12.7 Å². The Labute approximate surface area is 131 Å². The number of nitrogens with zero attached hydrogens (tertiary/aromatic N) is 4. The van der Waals surface area contributed by atoms with Crippen molar-refractivity contribution >= 4 is 5.91 Å². The molecule has 2 aliphatic rings. The number of aliphatic hydroxyl groups is 1. The zero-order chi connectivity index (χ0) is 15.4. The molecule has 2 fully saturated rings. The Morgan fingerprint density at radius 1 is 1.27 bits per heavy atom. The predicted molar refractivity (Wildman–Crippen MR) is 82.0 cm³/mol. The highest BCUT2D eigenvalue weighted by Gasteiger charge is 2.34. The molecule has 2 heterocycles. The Morgan fingerprint density at radius 3 is 2.82 bits per heavy atom. The Balaban J connectivity index is 1.53. The summed E-state index contributed by atoms with van der Waals surface area (Å²) < 4.78 is 1.84. The van der Waals surface area contributed by atoms with Crippen LogP contribution in [0.4, 0.5) is 0 Å². The molecule has 0 radical (unpaired) electrons. The van der Waals surface area contributed by atoms with Gasteiger partial charge in [-0.1, -0.05) is 19.3 Å². The van der Waals surface area contributed by atoms with Crippen molar-refractivity contribution in [2.24, 2.45) is 5.92 Å². The lowest BCUT2D eigenvalue weighted by Crippen LogP contribution is -2.45. The van der Waals surface area contributed by atoms with E-state index in [1.54, 1.807) is 12.7 Å². The number of amides is 1. The molecule has 1 aromatic heterocycles. The molecule has 1 saturated heterocycles. The lowest BCUT2D eigenvalue weighted by Gasteiger charge is -2.37. The minimum Gasteiger partial charge on any atom is -0.389 e. The van der Waals surface area contributed by atoms with Crippen LogP contribution in [0.15, 0.2) is 12.7 Å².